The van der Waals surface area contributed by atoms with Crippen molar-refractivity contribution in [1.29, 1.82) is 0 Å². The largest absolute Gasteiger partial charge is 0.505 e. The molecule has 1 aliphatic rings. The van der Waals surface area contributed by atoms with Gasteiger partial charge in [-0.1, -0.05) is 76.8 Å². The molecule has 0 bridgehead atoms. The van der Waals surface area contributed by atoms with E-state index >= 15 is 0 Å². The first-order chi connectivity index (χ1) is 12.7. The van der Waals surface area contributed by atoms with Crippen LogP contribution in [-0.2, 0) is 15.4 Å². The molecule has 0 fully saturated rings. The molecule has 5 heteroatoms. The zero-order chi connectivity index (χ0) is 19.8. The Labute approximate surface area is 162 Å². The highest BCUT2D eigenvalue weighted by atomic mass is 32.2. The van der Waals surface area contributed by atoms with Gasteiger partial charge in [0.05, 0.1) is 11.9 Å². The number of aromatic hydroxyl groups is 1. The first kappa shape index (κ1) is 19.7. The van der Waals surface area contributed by atoms with Crippen LogP contribution in [0.3, 0.4) is 0 Å². The minimum atomic E-state index is -3.45. The van der Waals surface area contributed by atoms with Crippen LogP contribution in [0.5, 0.6) is 5.75 Å². The second-order valence-electron chi connectivity index (χ2n) is 8.11. The van der Waals surface area contributed by atoms with E-state index in [4.69, 9.17) is 0 Å². The van der Waals surface area contributed by atoms with Crippen LogP contribution in [-0.4, -0.2) is 19.8 Å². The Bertz CT molecular complexity index is 934. The van der Waals surface area contributed by atoms with Gasteiger partial charge >= 0.3 is 0 Å². The van der Waals surface area contributed by atoms with E-state index in [1.54, 1.807) is 0 Å². The molecule has 1 N–H and O–H groups in total. The van der Waals surface area contributed by atoms with Crippen molar-refractivity contribution in [3.05, 3.63) is 42.0 Å². The van der Waals surface area contributed by atoms with Gasteiger partial charge in [-0.2, -0.15) is 0 Å². The van der Waals surface area contributed by atoms with E-state index in [1.165, 1.54) is 29.8 Å². The summed E-state index contributed by atoms with van der Waals surface area (Å²) in [4.78, 5) is 0. The number of benzene rings is 2. The Hall–Kier alpha value is -2.01. The monoisotopic (exact) mass is 387 g/mol. The Balaban J connectivity index is 2.06. The molecule has 0 aliphatic carbocycles. The second-order valence-corrected chi connectivity index (χ2v) is 9.94. The summed E-state index contributed by atoms with van der Waals surface area (Å²) in [7, 11) is -3.45. The summed E-state index contributed by atoms with van der Waals surface area (Å²) in [5, 5.41) is 10.9. The summed E-state index contributed by atoms with van der Waals surface area (Å²) in [6.45, 7) is 6.45. The third-order valence-corrected chi connectivity index (χ3v) is 6.43. The number of hydrogen-bond donors (Lipinski definition) is 1. The maximum absolute atomic E-state index is 12.2. The van der Waals surface area contributed by atoms with E-state index in [0.29, 0.717) is 11.4 Å². The first-order valence-corrected chi connectivity index (χ1v) is 11.5. The number of phenolic OH excluding ortho intramolecular Hbond substituents is 1. The predicted octanol–water partition coefficient (Wildman–Crippen LogP) is 5.72. The molecule has 0 amide bonds. The molecule has 146 valence electrons. The number of anilines is 2. The Morgan fingerprint density at radius 2 is 1.70 bits per heavy atom. The van der Waals surface area contributed by atoms with Crippen LogP contribution in [0, 0.1) is 0 Å². The lowest BCUT2D eigenvalue weighted by molar-refractivity contribution is 0.409. The minimum absolute atomic E-state index is 0.107. The number of hydrogen-bond acceptors (Lipinski definition) is 3. The summed E-state index contributed by atoms with van der Waals surface area (Å²) in [5.74, 6) is 0.107. The predicted molar refractivity (Wildman–Crippen MR) is 112 cm³/mol. The fraction of sp³-hybridized carbons (Fsp3) is 0.455. The van der Waals surface area contributed by atoms with Gasteiger partial charge in [0.15, 0.2) is 0 Å². The molecule has 0 saturated carbocycles. The highest BCUT2D eigenvalue weighted by molar-refractivity contribution is 7.93. The number of rotatable bonds is 8. The zero-order valence-corrected chi connectivity index (χ0v) is 17.4. The van der Waals surface area contributed by atoms with Gasteiger partial charge in [-0.05, 0) is 23.5 Å². The van der Waals surface area contributed by atoms with Crippen molar-refractivity contribution >= 4 is 21.4 Å². The number of fused-ring (bicyclic) bond motifs is 1. The molecule has 3 rings (SSSR count). The van der Waals surface area contributed by atoms with Gasteiger partial charge < -0.3 is 5.11 Å². The van der Waals surface area contributed by atoms with Gasteiger partial charge in [0.25, 0.3) is 0 Å². The third kappa shape index (κ3) is 3.84. The third-order valence-electron chi connectivity index (χ3n) is 5.40. The van der Waals surface area contributed by atoms with E-state index in [2.05, 4.69) is 20.8 Å². The molecular weight excluding hydrogens is 358 g/mol. The second kappa shape index (κ2) is 7.19. The Morgan fingerprint density at radius 1 is 1.04 bits per heavy atom. The topological polar surface area (TPSA) is 57.4 Å². The van der Waals surface area contributed by atoms with E-state index < -0.39 is 10.0 Å². The molecule has 0 unspecified atom stereocenters. The van der Waals surface area contributed by atoms with Crippen LogP contribution in [0.2, 0.25) is 0 Å². The van der Waals surface area contributed by atoms with E-state index in [0.717, 1.165) is 29.5 Å². The Morgan fingerprint density at radius 3 is 2.30 bits per heavy atom. The lowest BCUT2D eigenvalue weighted by atomic mass is 9.78. The fourth-order valence-electron chi connectivity index (χ4n) is 3.82. The summed E-state index contributed by atoms with van der Waals surface area (Å²) in [6.07, 6.45) is 6.79. The summed E-state index contributed by atoms with van der Waals surface area (Å²) in [6, 6.07) is 11.8. The van der Waals surface area contributed by atoms with Gasteiger partial charge in [-0.3, -0.25) is 0 Å². The van der Waals surface area contributed by atoms with Crippen LogP contribution >= 0.6 is 0 Å². The number of nitrogens with zero attached hydrogens (tertiary/aromatic N) is 1. The van der Waals surface area contributed by atoms with Gasteiger partial charge in [0, 0.05) is 11.1 Å². The molecule has 0 spiro atoms. The average Bonchev–Trinajstić information content (AvgIpc) is 3.36. The standard InChI is InChI=1S/C22H29NO3S/c1-5-6-7-11-14-22(2,3)18-15-17(16-12-9-8-10-13-16)19-20(21(18)24)23(19)27(4,25)26/h8-10,12-13,15,24H,5-7,11,14H2,1-4H3. The van der Waals surface area contributed by atoms with Crippen LogP contribution < -0.4 is 4.31 Å². The maximum atomic E-state index is 12.2. The molecule has 1 aliphatic heterocycles. The van der Waals surface area contributed by atoms with E-state index in [9.17, 15) is 13.5 Å². The lowest BCUT2D eigenvalue weighted by Gasteiger charge is -2.26. The van der Waals surface area contributed by atoms with Crippen molar-refractivity contribution in [2.45, 2.75) is 58.3 Å². The van der Waals surface area contributed by atoms with E-state index in [-0.39, 0.29) is 11.2 Å². The molecule has 1 heterocycles. The van der Waals surface area contributed by atoms with Crippen molar-refractivity contribution in [2.24, 2.45) is 0 Å². The molecule has 4 nitrogen and oxygen atoms in total. The lowest BCUT2D eigenvalue weighted by Crippen LogP contribution is -2.17. The molecular formula is C22H29NO3S. The maximum Gasteiger partial charge on any atom is 0.236 e. The summed E-state index contributed by atoms with van der Waals surface area (Å²) >= 11 is 0. The van der Waals surface area contributed by atoms with Crippen molar-refractivity contribution in [1.82, 2.24) is 0 Å². The van der Waals surface area contributed by atoms with Crippen molar-refractivity contribution in [3.8, 4) is 16.9 Å². The number of unbranched alkanes of at least 4 members (excludes halogenated alkanes) is 3. The Kier molecular flexibility index (Phi) is 5.26. The molecule has 27 heavy (non-hydrogen) atoms. The minimum Gasteiger partial charge on any atom is -0.505 e. The average molecular weight is 388 g/mol. The molecule has 0 saturated heterocycles. The van der Waals surface area contributed by atoms with Crippen molar-refractivity contribution in [2.75, 3.05) is 10.6 Å². The highest BCUT2D eigenvalue weighted by Gasteiger charge is 2.45. The summed E-state index contributed by atoms with van der Waals surface area (Å²) < 4.78 is 25.7. The number of sulfonamides is 1. The van der Waals surface area contributed by atoms with Crippen molar-refractivity contribution in [3.63, 3.8) is 0 Å². The molecule has 0 radical (unpaired) electrons. The number of phenols is 1. The van der Waals surface area contributed by atoms with Gasteiger partial charge in [0.1, 0.15) is 11.4 Å². The first-order valence-electron chi connectivity index (χ1n) is 9.64. The van der Waals surface area contributed by atoms with Gasteiger partial charge in [-0.15, -0.1) is 0 Å². The highest BCUT2D eigenvalue weighted by Crippen LogP contribution is 2.63. The summed E-state index contributed by atoms with van der Waals surface area (Å²) in [5.41, 5.74) is 3.46. The normalized spacial score (nSPS) is 13.6. The molecule has 2 aromatic carbocycles. The smallest absolute Gasteiger partial charge is 0.236 e. The molecule has 2 aromatic rings. The van der Waals surface area contributed by atoms with Crippen LogP contribution in [0.15, 0.2) is 36.4 Å². The van der Waals surface area contributed by atoms with Gasteiger partial charge in [0.2, 0.25) is 10.0 Å². The molecule has 0 atom stereocenters. The molecule has 0 aromatic heterocycles. The van der Waals surface area contributed by atoms with Crippen LogP contribution in [0.1, 0.15) is 58.4 Å². The van der Waals surface area contributed by atoms with Gasteiger partial charge in [-0.25, -0.2) is 12.7 Å². The zero-order valence-electron chi connectivity index (χ0n) is 16.6. The quantitative estimate of drug-likeness (QED) is 0.466. The van der Waals surface area contributed by atoms with Crippen LogP contribution in [0.4, 0.5) is 11.4 Å². The van der Waals surface area contributed by atoms with Crippen molar-refractivity contribution < 1.29 is 13.5 Å². The fourth-order valence-corrected chi connectivity index (χ4v) is 4.80. The van der Waals surface area contributed by atoms with Crippen LogP contribution in [0.25, 0.3) is 11.1 Å². The SMILES string of the molecule is CCCCCCC(C)(C)c1cc(-c2ccccc2)c2c(c1O)N2S(C)(=O)=O. The van der Waals surface area contributed by atoms with E-state index in [1.807, 2.05) is 36.4 Å².